The zero-order chi connectivity index (χ0) is 15.7. The number of carboxylic acid groups (broad SMARTS) is 1. The van der Waals surface area contributed by atoms with Crippen molar-refractivity contribution >= 4 is 11.9 Å². The smallest absolute Gasteiger partial charge is 0.311 e. The molecule has 118 valence electrons. The highest BCUT2D eigenvalue weighted by atomic mass is 16.5. The second-order valence-electron chi connectivity index (χ2n) is 5.63. The fraction of sp³-hybridized carbons (Fsp3) is 0.571. The molecule has 2 atom stereocenters. The first-order valence-corrected chi connectivity index (χ1v) is 7.05. The fourth-order valence-corrected chi connectivity index (χ4v) is 3.16. The van der Waals surface area contributed by atoms with Gasteiger partial charge < -0.3 is 19.5 Å². The normalized spacial score (nSPS) is 27.3. The topological polar surface area (TPSA) is 102 Å². The van der Waals surface area contributed by atoms with Crippen molar-refractivity contribution in [2.45, 2.75) is 6.42 Å². The van der Waals surface area contributed by atoms with Crippen LogP contribution in [0.2, 0.25) is 0 Å². The number of rotatable bonds is 3. The average molecular weight is 307 g/mol. The Balaban J connectivity index is 1.80. The number of fused-ring (bicyclic) bond motifs is 1. The lowest BCUT2D eigenvalue weighted by Crippen LogP contribution is -2.45. The summed E-state index contributed by atoms with van der Waals surface area (Å²) in [6.07, 6.45) is 0.422. The van der Waals surface area contributed by atoms with E-state index in [2.05, 4.69) is 10.2 Å². The number of likely N-dealkylation sites (tertiary alicyclic amines) is 1. The second-order valence-corrected chi connectivity index (χ2v) is 5.63. The molecule has 8 heteroatoms. The molecule has 0 radical (unpaired) electrons. The average Bonchev–Trinajstić information content (AvgIpc) is 2.95. The minimum absolute atomic E-state index is 0.181. The quantitative estimate of drug-likeness (QED) is 0.841. The first kappa shape index (κ1) is 14.7. The van der Waals surface area contributed by atoms with Crippen molar-refractivity contribution in [3.8, 4) is 5.88 Å². The molecule has 1 aromatic rings. The van der Waals surface area contributed by atoms with E-state index in [1.165, 1.54) is 18.1 Å². The zero-order valence-corrected chi connectivity index (χ0v) is 12.2. The summed E-state index contributed by atoms with van der Waals surface area (Å²) in [6.45, 7) is 1.32. The number of amides is 1. The van der Waals surface area contributed by atoms with E-state index < -0.39 is 11.4 Å². The molecule has 0 spiro atoms. The van der Waals surface area contributed by atoms with E-state index in [1.807, 2.05) is 0 Å². The van der Waals surface area contributed by atoms with Crippen LogP contribution in [0.5, 0.6) is 5.88 Å². The van der Waals surface area contributed by atoms with Gasteiger partial charge in [-0.05, 0) is 12.5 Å². The van der Waals surface area contributed by atoms with Crippen molar-refractivity contribution in [2.24, 2.45) is 11.3 Å². The molecule has 1 aromatic heterocycles. The van der Waals surface area contributed by atoms with Crippen molar-refractivity contribution in [3.05, 3.63) is 17.8 Å². The number of carbonyl (C=O) groups is 2. The molecule has 0 aliphatic carbocycles. The van der Waals surface area contributed by atoms with Crippen molar-refractivity contribution in [1.82, 2.24) is 15.1 Å². The van der Waals surface area contributed by atoms with Crippen LogP contribution in [0.1, 0.15) is 16.9 Å². The minimum Gasteiger partial charge on any atom is -0.481 e. The Labute approximate surface area is 127 Å². The number of hydrogen-bond donors (Lipinski definition) is 1. The second kappa shape index (κ2) is 5.53. The van der Waals surface area contributed by atoms with Gasteiger partial charge in [0.05, 0.1) is 19.1 Å². The Morgan fingerprint density at radius 3 is 2.86 bits per heavy atom. The zero-order valence-electron chi connectivity index (χ0n) is 12.2. The summed E-state index contributed by atoms with van der Waals surface area (Å²) in [5.41, 5.74) is -0.728. The third-order valence-corrected chi connectivity index (χ3v) is 4.49. The monoisotopic (exact) mass is 307 g/mol. The molecule has 2 fully saturated rings. The highest BCUT2D eigenvalue weighted by molar-refractivity contribution is 5.93. The number of methoxy groups -OCH3 is 1. The van der Waals surface area contributed by atoms with E-state index in [1.54, 1.807) is 6.07 Å². The summed E-state index contributed by atoms with van der Waals surface area (Å²) >= 11 is 0. The van der Waals surface area contributed by atoms with Gasteiger partial charge in [0.25, 0.3) is 5.91 Å². The largest absolute Gasteiger partial charge is 0.481 e. The molecule has 0 bridgehead atoms. The predicted molar refractivity (Wildman–Crippen MR) is 73.5 cm³/mol. The third kappa shape index (κ3) is 2.29. The molecule has 0 unspecified atom stereocenters. The lowest BCUT2D eigenvalue weighted by molar-refractivity contribution is -0.157. The predicted octanol–water partition coefficient (Wildman–Crippen LogP) is 0.0485. The molecule has 3 rings (SSSR count). The van der Waals surface area contributed by atoms with E-state index in [-0.39, 0.29) is 24.1 Å². The summed E-state index contributed by atoms with van der Waals surface area (Å²) in [4.78, 5) is 25.7. The maximum atomic E-state index is 12.5. The van der Waals surface area contributed by atoms with Crippen LogP contribution in [0.4, 0.5) is 0 Å². The van der Waals surface area contributed by atoms with Crippen molar-refractivity contribution in [1.29, 1.82) is 0 Å². The molecular formula is C14H17N3O5. The summed E-state index contributed by atoms with van der Waals surface area (Å²) in [6, 6.07) is 3.08. The Bertz CT molecular complexity index is 591. The molecule has 1 N–H and O–H groups in total. The van der Waals surface area contributed by atoms with E-state index in [0.29, 0.717) is 32.1 Å². The van der Waals surface area contributed by atoms with Gasteiger partial charge in [-0.15, -0.1) is 10.2 Å². The summed E-state index contributed by atoms with van der Waals surface area (Å²) in [7, 11) is 1.47. The van der Waals surface area contributed by atoms with Crippen LogP contribution >= 0.6 is 0 Å². The Kier molecular flexibility index (Phi) is 3.69. The van der Waals surface area contributed by atoms with Gasteiger partial charge in [0.15, 0.2) is 5.69 Å². The van der Waals surface area contributed by atoms with Crippen LogP contribution in [0.25, 0.3) is 0 Å². The number of carboxylic acids is 1. The van der Waals surface area contributed by atoms with Crippen molar-refractivity contribution < 1.29 is 24.2 Å². The van der Waals surface area contributed by atoms with E-state index >= 15 is 0 Å². The molecule has 2 aliphatic rings. The Morgan fingerprint density at radius 1 is 1.45 bits per heavy atom. The lowest BCUT2D eigenvalue weighted by atomic mass is 9.74. The van der Waals surface area contributed by atoms with Crippen molar-refractivity contribution in [2.75, 3.05) is 33.4 Å². The lowest BCUT2D eigenvalue weighted by Gasteiger charge is -2.33. The van der Waals surface area contributed by atoms with Gasteiger partial charge in [0, 0.05) is 31.7 Å². The SMILES string of the molecule is COc1ccc(C(=O)N2C[C@H]3COCC[C@@]3(C(=O)O)C2)nn1. The summed E-state index contributed by atoms with van der Waals surface area (Å²) in [5, 5.41) is 17.2. The van der Waals surface area contributed by atoms with Gasteiger partial charge in [0.1, 0.15) is 0 Å². The van der Waals surface area contributed by atoms with Gasteiger partial charge in [-0.2, -0.15) is 0 Å². The van der Waals surface area contributed by atoms with Gasteiger partial charge in [-0.25, -0.2) is 0 Å². The van der Waals surface area contributed by atoms with Gasteiger partial charge in [-0.1, -0.05) is 0 Å². The molecule has 0 saturated carbocycles. The number of ether oxygens (including phenoxy) is 2. The van der Waals surface area contributed by atoms with Crippen LogP contribution in [0.15, 0.2) is 12.1 Å². The Hall–Kier alpha value is -2.22. The molecule has 3 heterocycles. The molecule has 2 saturated heterocycles. The molecule has 2 aliphatic heterocycles. The maximum Gasteiger partial charge on any atom is 0.311 e. The van der Waals surface area contributed by atoms with Crippen LogP contribution in [-0.4, -0.2) is 65.5 Å². The first-order chi connectivity index (χ1) is 10.6. The van der Waals surface area contributed by atoms with Crippen LogP contribution in [-0.2, 0) is 9.53 Å². The van der Waals surface area contributed by atoms with Crippen LogP contribution < -0.4 is 4.74 Å². The first-order valence-electron chi connectivity index (χ1n) is 7.05. The standard InChI is InChI=1S/C14H17N3O5/c1-21-11-3-2-10(15-16-11)12(18)17-6-9-7-22-5-4-14(9,8-17)13(19)20/h2-3,9H,4-8H2,1H3,(H,19,20)/t9-,14+/m0/s1. The molecule has 22 heavy (non-hydrogen) atoms. The van der Waals surface area contributed by atoms with E-state index in [9.17, 15) is 14.7 Å². The minimum atomic E-state index is -0.909. The van der Waals surface area contributed by atoms with Crippen molar-refractivity contribution in [3.63, 3.8) is 0 Å². The summed E-state index contributed by atoms with van der Waals surface area (Å²) < 4.78 is 10.3. The Morgan fingerprint density at radius 2 is 2.27 bits per heavy atom. The van der Waals surface area contributed by atoms with Crippen LogP contribution in [0, 0.1) is 11.3 Å². The summed E-state index contributed by atoms with van der Waals surface area (Å²) in [5.74, 6) is -1.04. The number of aromatic nitrogens is 2. The van der Waals surface area contributed by atoms with E-state index in [4.69, 9.17) is 9.47 Å². The van der Waals surface area contributed by atoms with E-state index in [0.717, 1.165) is 0 Å². The van der Waals surface area contributed by atoms with Gasteiger partial charge in [0.2, 0.25) is 5.88 Å². The molecular weight excluding hydrogens is 290 g/mol. The number of nitrogens with zero attached hydrogens (tertiary/aromatic N) is 3. The highest BCUT2D eigenvalue weighted by Gasteiger charge is 2.55. The maximum absolute atomic E-state index is 12.5. The van der Waals surface area contributed by atoms with Crippen LogP contribution in [0.3, 0.4) is 0 Å². The molecule has 0 aromatic carbocycles. The fourth-order valence-electron chi connectivity index (χ4n) is 3.16. The molecule has 8 nitrogen and oxygen atoms in total. The highest BCUT2D eigenvalue weighted by Crippen LogP contribution is 2.42. The molecule has 1 amide bonds. The number of aliphatic carboxylic acids is 1. The number of carbonyl (C=O) groups excluding carboxylic acids is 1. The number of hydrogen-bond acceptors (Lipinski definition) is 6. The van der Waals surface area contributed by atoms with Gasteiger partial charge >= 0.3 is 5.97 Å². The van der Waals surface area contributed by atoms with Gasteiger partial charge in [-0.3, -0.25) is 9.59 Å². The third-order valence-electron chi connectivity index (χ3n) is 4.49.